The first-order valence-electron chi connectivity index (χ1n) is 9.23. The highest BCUT2D eigenvalue weighted by molar-refractivity contribution is 6.30. The van der Waals surface area contributed by atoms with Crippen LogP contribution in [0.5, 0.6) is 0 Å². The van der Waals surface area contributed by atoms with E-state index in [1.807, 2.05) is 18.7 Å². The number of piperazine rings is 1. The van der Waals surface area contributed by atoms with Gasteiger partial charge in [0.25, 0.3) is 0 Å². The van der Waals surface area contributed by atoms with Crippen LogP contribution in [0.1, 0.15) is 21.7 Å². The van der Waals surface area contributed by atoms with Crippen LogP contribution in [-0.4, -0.2) is 52.4 Å². The largest absolute Gasteiger partial charge is 0.477 e. The quantitative estimate of drug-likeness (QED) is 0.695. The lowest BCUT2D eigenvalue weighted by Gasteiger charge is -2.35. The second kappa shape index (κ2) is 7.71. The number of halogens is 1. The van der Waals surface area contributed by atoms with Crippen molar-refractivity contribution in [3.8, 4) is 11.3 Å². The number of benzene rings is 1. The van der Waals surface area contributed by atoms with Crippen molar-refractivity contribution in [3.05, 3.63) is 52.4 Å². The van der Waals surface area contributed by atoms with E-state index in [0.717, 1.165) is 17.2 Å². The molecule has 150 valence electrons. The fourth-order valence-corrected chi connectivity index (χ4v) is 3.57. The second-order valence-corrected chi connectivity index (χ2v) is 7.35. The highest BCUT2D eigenvalue weighted by atomic mass is 35.5. The molecular weight excluding hydrogens is 394 g/mol. The Balaban J connectivity index is 1.58. The molecular formula is C20H20ClN5O3. The Morgan fingerprint density at radius 3 is 2.31 bits per heavy atom. The zero-order valence-electron chi connectivity index (χ0n) is 16.1. The van der Waals surface area contributed by atoms with E-state index in [1.54, 1.807) is 30.5 Å². The first kappa shape index (κ1) is 19.2. The van der Waals surface area contributed by atoms with Crippen LogP contribution in [0.15, 0.2) is 35.0 Å². The molecule has 0 aliphatic carbocycles. The number of carboxylic acid groups (broad SMARTS) is 1. The molecule has 0 radical (unpaired) electrons. The van der Waals surface area contributed by atoms with Gasteiger partial charge in [-0.05, 0) is 38.1 Å². The number of aromatic nitrogens is 3. The molecule has 0 bridgehead atoms. The summed E-state index contributed by atoms with van der Waals surface area (Å²) in [6.07, 6.45) is 1.75. The molecule has 1 N–H and O–H groups in total. The molecule has 2 aromatic heterocycles. The molecule has 3 aromatic rings. The Labute approximate surface area is 172 Å². The number of aromatic carboxylic acids is 1. The van der Waals surface area contributed by atoms with Crippen molar-refractivity contribution in [1.29, 1.82) is 0 Å². The van der Waals surface area contributed by atoms with Crippen LogP contribution in [0.25, 0.3) is 11.3 Å². The van der Waals surface area contributed by atoms with Crippen molar-refractivity contribution in [2.75, 3.05) is 36.0 Å². The Morgan fingerprint density at radius 2 is 1.69 bits per heavy atom. The molecule has 1 fully saturated rings. The highest BCUT2D eigenvalue weighted by Crippen LogP contribution is 2.33. The van der Waals surface area contributed by atoms with Gasteiger partial charge in [-0.3, -0.25) is 4.98 Å². The molecule has 0 saturated carbocycles. The Kier molecular flexibility index (Phi) is 5.10. The molecule has 0 amide bonds. The van der Waals surface area contributed by atoms with Gasteiger partial charge in [-0.2, -0.15) is 0 Å². The van der Waals surface area contributed by atoms with E-state index in [1.165, 1.54) is 0 Å². The second-order valence-electron chi connectivity index (χ2n) is 6.92. The minimum Gasteiger partial charge on any atom is -0.477 e. The minimum absolute atomic E-state index is 0.0623. The molecule has 29 heavy (non-hydrogen) atoms. The molecule has 3 heterocycles. The van der Waals surface area contributed by atoms with Gasteiger partial charge in [0.15, 0.2) is 17.1 Å². The van der Waals surface area contributed by atoms with E-state index in [4.69, 9.17) is 16.1 Å². The van der Waals surface area contributed by atoms with Gasteiger partial charge < -0.3 is 19.4 Å². The predicted molar refractivity (Wildman–Crippen MR) is 110 cm³/mol. The van der Waals surface area contributed by atoms with Crippen LogP contribution in [0.4, 0.5) is 11.6 Å². The van der Waals surface area contributed by atoms with Gasteiger partial charge in [0, 0.05) is 43.0 Å². The Bertz CT molecular complexity index is 1040. The average Bonchev–Trinajstić information content (AvgIpc) is 3.16. The first-order chi connectivity index (χ1) is 13.9. The normalized spacial score (nSPS) is 14.3. The molecule has 8 nitrogen and oxygen atoms in total. The summed E-state index contributed by atoms with van der Waals surface area (Å²) in [6, 6.07) is 6.82. The number of carboxylic acids is 1. The summed E-state index contributed by atoms with van der Waals surface area (Å²) < 4.78 is 5.43. The number of hydrogen-bond acceptors (Lipinski definition) is 7. The minimum atomic E-state index is -1.07. The fourth-order valence-electron chi connectivity index (χ4n) is 3.44. The van der Waals surface area contributed by atoms with E-state index in [9.17, 15) is 9.90 Å². The first-order valence-corrected chi connectivity index (χ1v) is 9.61. The molecule has 1 aliphatic rings. The van der Waals surface area contributed by atoms with Crippen molar-refractivity contribution in [2.45, 2.75) is 13.8 Å². The maximum absolute atomic E-state index is 12.0. The van der Waals surface area contributed by atoms with E-state index in [-0.39, 0.29) is 11.3 Å². The molecule has 9 heteroatoms. The third-order valence-electron chi connectivity index (χ3n) is 4.92. The lowest BCUT2D eigenvalue weighted by Crippen LogP contribution is -2.47. The van der Waals surface area contributed by atoms with Gasteiger partial charge in [-0.1, -0.05) is 16.8 Å². The van der Waals surface area contributed by atoms with Crippen molar-refractivity contribution in [3.63, 3.8) is 0 Å². The van der Waals surface area contributed by atoms with E-state index >= 15 is 0 Å². The Hall–Kier alpha value is -3.13. The van der Waals surface area contributed by atoms with Crippen molar-refractivity contribution in [1.82, 2.24) is 15.1 Å². The van der Waals surface area contributed by atoms with Crippen LogP contribution in [0, 0.1) is 13.8 Å². The third kappa shape index (κ3) is 3.75. The van der Waals surface area contributed by atoms with Crippen LogP contribution >= 0.6 is 11.6 Å². The molecule has 0 spiro atoms. The molecule has 0 unspecified atom stereocenters. The zero-order chi connectivity index (χ0) is 20.5. The SMILES string of the molecule is Cc1cnc(C)c(N2CCN(c3noc(-c4ccc(Cl)cc4)c3C(=O)O)CC2)n1. The summed E-state index contributed by atoms with van der Waals surface area (Å²) >= 11 is 5.93. The summed E-state index contributed by atoms with van der Waals surface area (Å²) in [7, 11) is 0. The summed E-state index contributed by atoms with van der Waals surface area (Å²) in [5, 5.41) is 14.4. The summed E-state index contributed by atoms with van der Waals surface area (Å²) in [5.41, 5.74) is 2.43. The monoisotopic (exact) mass is 413 g/mol. The maximum atomic E-state index is 12.0. The Morgan fingerprint density at radius 1 is 1.07 bits per heavy atom. The fraction of sp³-hybridized carbons (Fsp3) is 0.300. The predicted octanol–water partition coefficient (Wildman–Crippen LogP) is 3.43. The van der Waals surface area contributed by atoms with Crippen molar-refractivity contribution in [2.24, 2.45) is 0 Å². The maximum Gasteiger partial charge on any atom is 0.343 e. The van der Waals surface area contributed by atoms with Crippen LogP contribution in [-0.2, 0) is 0 Å². The number of rotatable bonds is 4. The topological polar surface area (TPSA) is 95.6 Å². The molecule has 1 saturated heterocycles. The summed E-state index contributed by atoms with van der Waals surface area (Å²) in [4.78, 5) is 25.0. The molecule has 1 aromatic carbocycles. The van der Waals surface area contributed by atoms with Gasteiger partial charge in [-0.25, -0.2) is 9.78 Å². The number of hydrogen-bond donors (Lipinski definition) is 1. The number of nitrogens with zero attached hydrogens (tertiary/aromatic N) is 5. The van der Waals surface area contributed by atoms with E-state index in [2.05, 4.69) is 20.0 Å². The van der Waals surface area contributed by atoms with Crippen molar-refractivity contribution >= 4 is 29.2 Å². The summed E-state index contributed by atoms with van der Waals surface area (Å²) in [6.45, 7) is 6.41. The van der Waals surface area contributed by atoms with Crippen LogP contribution in [0.2, 0.25) is 5.02 Å². The standard InChI is InChI=1S/C20H20ClN5O3/c1-12-11-22-13(2)18(23-12)25-7-9-26(10-8-25)19-16(20(27)28)17(29-24-19)14-3-5-15(21)6-4-14/h3-6,11H,7-10H2,1-2H3,(H,27,28). The number of carbonyl (C=O) groups is 1. The van der Waals surface area contributed by atoms with Gasteiger partial charge in [-0.15, -0.1) is 0 Å². The highest BCUT2D eigenvalue weighted by Gasteiger charge is 2.30. The summed E-state index contributed by atoms with van der Waals surface area (Å²) in [5.74, 6) is 0.361. The average molecular weight is 414 g/mol. The van der Waals surface area contributed by atoms with Gasteiger partial charge in [0.1, 0.15) is 5.82 Å². The van der Waals surface area contributed by atoms with E-state index < -0.39 is 5.97 Å². The van der Waals surface area contributed by atoms with Crippen molar-refractivity contribution < 1.29 is 14.4 Å². The van der Waals surface area contributed by atoms with Crippen LogP contribution in [0.3, 0.4) is 0 Å². The van der Waals surface area contributed by atoms with E-state index in [0.29, 0.717) is 42.6 Å². The molecule has 0 atom stereocenters. The molecule has 4 rings (SSSR count). The van der Waals surface area contributed by atoms with Gasteiger partial charge in [0.05, 0.1) is 11.4 Å². The lowest BCUT2D eigenvalue weighted by molar-refractivity contribution is 0.0698. The van der Waals surface area contributed by atoms with Crippen LogP contribution < -0.4 is 9.80 Å². The number of aryl methyl sites for hydroxylation is 2. The number of anilines is 2. The molecule has 1 aliphatic heterocycles. The zero-order valence-corrected chi connectivity index (χ0v) is 16.8. The third-order valence-corrected chi connectivity index (χ3v) is 5.18. The van der Waals surface area contributed by atoms with Gasteiger partial charge >= 0.3 is 5.97 Å². The van der Waals surface area contributed by atoms with Gasteiger partial charge in [0.2, 0.25) is 0 Å². The smallest absolute Gasteiger partial charge is 0.343 e. The lowest BCUT2D eigenvalue weighted by atomic mass is 10.1.